The third kappa shape index (κ3) is 3.02. The monoisotopic (exact) mass is 270 g/mol. The number of hydrogen-bond donors (Lipinski definition) is 1. The molecule has 2 aliphatic rings. The van der Waals surface area contributed by atoms with Crippen LogP contribution >= 0.6 is 11.8 Å². The Bertz CT molecular complexity index is 296. The van der Waals surface area contributed by atoms with Gasteiger partial charge < -0.3 is 10.2 Å². The van der Waals surface area contributed by atoms with Crippen molar-refractivity contribution in [2.24, 2.45) is 0 Å². The highest BCUT2D eigenvalue weighted by molar-refractivity contribution is 7.99. The summed E-state index contributed by atoms with van der Waals surface area (Å²) in [4.78, 5) is 14.6. The molecule has 0 aromatic heterocycles. The van der Waals surface area contributed by atoms with E-state index in [1.54, 1.807) is 0 Å². The second kappa shape index (κ2) is 6.29. The van der Waals surface area contributed by atoms with Crippen molar-refractivity contribution in [2.75, 3.05) is 12.8 Å². The Morgan fingerprint density at radius 2 is 2.00 bits per heavy atom. The van der Waals surface area contributed by atoms with Gasteiger partial charge in [0, 0.05) is 23.9 Å². The summed E-state index contributed by atoms with van der Waals surface area (Å²) in [5.41, 5.74) is 0. The van der Waals surface area contributed by atoms with Crippen LogP contribution in [0.5, 0.6) is 0 Å². The molecule has 2 fully saturated rings. The molecule has 1 N–H and O–H groups in total. The van der Waals surface area contributed by atoms with Crippen molar-refractivity contribution in [1.29, 1.82) is 0 Å². The molecule has 1 aliphatic carbocycles. The van der Waals surface area contributed by atoms with Crippen LogP contribution in [0, 0.1) is 0 Å². The van der Waals surface area contributed by atoms with Gasteiger partial charge in [-0.2, -0.15) is 11.8 Å². The number of nitrogens with zero attached hydrogens (tertiary/aromatic N) is 1. The fourth-order valence-corrected chi connectivity index (χ4v) is 4.30. The molecule has 104 valence electrons. The summed E-state index contributed by atoms with van der Waals surface area (Å²) in [6.45, 7) is 5.17. The molecule has 1 aliphatic heterocycles. The first kappa shape index (κ1) is 14.2. The molecule has 0 aromatic rings. The zero-order valence-corrected chi connectivity index (χ0v) is 12.6. The van der Waals surface area contributed by atoms with Gasteiger partial charge in [0.25, 0.3) is 0 Å². The van der Waals surface area contributed by atoms with Gasteiger partial charge in [-0.05, 0) is 25.5 Å². The first-order chi connectivity index (χ1) is 8.63. The second-order valence-corrected chi connectivity index (χ2v) is 6.90. The standard InChI is InChI=1S/C14H26N2OS/c1-10(2)15-11-8-9-16(14(11)17)12-6-4-5-7-13(12)18-3/h10-13,15H,4-9H2,1-3H3. The lowest BCUT2D eigenvalue weighted by atomic mass is 9.94. The van der Waals surface area contributed by atoms with E-state index in [2.05, 4.69) is 30.3 Å². The molecule has 0 radical (unpaired) electrons. The van der Waals surface area contributed by atoms with Crippen molar-refractivity contribution in [3.05, 3.63) is 0 Å². The fraction of sp³-hybridized carbons (Fsp3) is 0.929. The van der Waals surface area contributed by atoms with Gasteiger partial charge in [-0.1, -0.05) is 26.7 Å². The van der Waals surface area contributed by atoms with Crippen molar-refractivity contribution < 1.29 is 4.79 Å². The molecule has 1 heterocycles. The Labute approximate surface area is 115 Å². The lowest BCUT2D eigenvalue weighted by molar-refractivity contribution is -0.131. The van der Waals surface area contributed by atoms with E-state index in [0.29, 0.717) is 23.2 Å². The van der Waals surface area contributed by atoms with Crippen LogP contribution in [0.4, 0.5) is 0 Å². The number of likely N-dealkylation sites (tertiary alicyclic amines) is 1. The molecule has 0 spiro atoms. The third-order valence-electron chi connectivity index (χ3n) is 4.15. The first-order valence-corrected chi connectivity index (χ1v) is 8.51. The molecule has 3 unspecified atom stereocenters. The number of carbonyl (C=O) groups excluding carboxylic acids is 1. The molecule has 18 heavy (non-hydrogen) atoms. The maximum atomic E-state index is 12.5. The molecular weight excluding hydrogens is 244 g/mol. The highest BCUT2D eigenvalue weighted by atomic mass is 32.2. The average molecular weight is 270 g/mol. The Morgan fingerprint density at radius 1 is 1.28 bits per heavy atom. The lowest BCUT2D eigenvalue weighted by Crippen LogP contribution is -2.48. The topological polar surface area (TPSA) is 32.3 Å². The lowest BCUT2D eigenvalue weighted by Gasteiger charge is -2.37. The van der Waals surface area contributed by atoms with Crippen molar-refractivity contribution in [1.82, 2.24) is 10.2 Å². The van der Waals surface area contributed by atoms with Crippen molar-refractivity contribution in [3.63, 3.8) is 0 Å². The molecule has 3 atom stereocenters. The number of nitrogens with one attached hydrogen (secondary N) is 1. The van der Waals surface area contributed by atoms with Gasteiger partial charge in [-0.15, -0.1) is 0 Å². The molecule has 1 amide bonds. The van der Waals surface area contributed by atoms with E-state index in [0.717, 1.165) is 13.0 Å². The molecule has 4 heteroatoms. The van der Waals surface area contributed by atoms with Crippen LogP contribution < -0.4 is 5.32 Å². The first-order valence-electron chi connectivity index (χ1n) is 7.22. The van der Waals surface area contributed by atoms with Gasteiger partial charge in [-0.3, -0.25) is 4.79 Å². The SMILES string of the molecule is CSC1CCCCC1N1CCC(NC(C)C)C1=O. The summed E-state index contributed by atoms with van der Waals surface area (Å²) in [5, 5.41) is 4.05. The van der Waals surface area contributed by atoms with Gasteiger partial charge in [0.2, 0.25) is 5.91 Å². The van der Waals surface area contributed by atoms with Crippen LogP contribution in [-0.2, 0) is 4.79 Å². The maximum absolute atomic E-state index is 12.5. The zero-order chi connectivity index (χ0) is 13.1. The van der Waals surface area contributed by atoms with E-state index in [1.807, 2.05) is 11.8 Å². The largest absolute Gasteiger partial charge is 0.337 e. The fourth-order valence-electron chi connectivity index (χ4n) is 3.30. The van der Waals surface area contributed by atoms with E-state index < -0.39 is 0 Å². The van der Waals surface area contributed by atoms with E-state index in [4.69, 9.17) is 0 Å². The summed E-state index contributed by atoms with van der Waals surface area (Å²) in [7, 11) is 0. The molecule has 0 bridgehead atoms. The minimum Gasteiger partial charge on any atom is -0.337 e. The molecule has 1 saturated carbocycles. The van der Waals surface area contributed by atoms with Crippen LogP contribution in [0.2, 0.25) is 0 Å². The van der Waals surface area contributed by atoms with E-state index in [1.165, 1.54) is 25.7 Å². The highest BCUT2D eigenvalue weighted by Gasteiger charge is 2.39. The predicted molar refractivity (Wildman–Crippen MR) is 77.9 cm³/mol. The number of rotatable bonds is 4. The molecular formula is C14H26N2OS. The molecule has 1 saturated heterocycles. The molecule has 3 nitrogen and oxygen atoms in total. The van der Waals surface area contributed by atoms with Gasteiger partial charge in [0.1, 0.15) is 0 Å². The van der Waals surface area contributed by atoms with Crippen LogP contribution in [0.25, 0.3) is 0 Å². The average Bonchev–Trinajstić information content (AvgIpc) is 2.70. The Kier molecular flexibility index (Phi) is 4.96. The maximum Gasteiger partial charge on any atom is 0.240 e. The summed E-state index contributed by atoms with van der Waals surface area (Å²) >= 11 is 1.94. The van der Waals surface area contributed by atoms with Crippen LogP contribution in [0.1, 0.15) is 46.0 Å². The van der Waals surface area contributed by atoms with Crippen molar-refractivity contribution in [3.8, 4) is 0 Å². The summed E-state index contributed by atoms with van der Waals surface area (Å²) in [6, 6.07) is 0.941. The predicted octanol–water partition coefficient (Wildman–Crippen LogP) is 2.26. The minimum atomic E-state index is 0.0643. The summed E-state index contributed by atoms with van der Waals surface area (Å²) in [6.07, 6.45) is 8.26. The Morgan fingerprint density at radius 3 is 2.67 bits per heavy atom. The smallest absolute Gasteiger partial charge is 0.240 e. The Balaban J connectivity index is 1.98. The number of carbonyl (C=O) groups is 1. The zero-order valence-electron chi connectivity index (χ0n) is 11.8. The summed E-state index contributed by atoms with van der Waals surface area (Å²) < 4.78 is 0. The van der Waals surface area contributed by atoms with Crippen LogP contribution in [-0.4, -0.2) is 47.0 Å². The van der Waals surface area contributed by atoms with E-state index in [-0.39, 0.29) is 6.04 Å². The highest BCUT2D eigenvalue weighted by Crippen LogP contribution is 2.33. The van der Waals surface area contributed by atoms with E-state index in [9.17, 15) is 4.79 Å². The second-order valence-electron chi connectivity index (χ2n) is 5.82. The van der Waals surface area contributed by atoms with Gasteiger partial charge in [0.05, 0.1) is 6.04 Å². The minimum absolute atomic E-state index is 0.0643. The number of thioether (sulfide) groups is 1. The van der Waals surface area contributed by atoms with Gasteiger partial charge in [0.15, 0.2) is 0 Å². The van der Waals surface area contributed by atoms with Crippen molar-refractivity contribution >= 4 is 17.7 Å². The van der Waals surface area contributed by atoms with Crippen LogP contribution in [0.3, 0.4) is 0 Å². The summed E-state index contributed by atoms with van der Waals surface area (Å²) in [5.74, 6) is 0.342. The van der Waals surface area contributed by atoms with E-state index >= 15 is 0 Å². The normalized spacial score (nSPS) is 33.4. The van der Waals surface area contributed by atoms with Crippen LogP contribution in [0.15, 0.2) is 0 Å². The van der Waals surface area contributed by atoms with Gasteiger partial charge >= 0.3 is 0 Å². The van der Waals surface area contributed by atoms with Crippen molar-refractivity contribution in [2.45, 2.75) is 69.3 Å². The number of hydrogen-bond acceptors (Lipinski definition) is 3. The third-order valence-corrected chi connectivity index (χ3v) is 5.30. The number of amides is 1. The van der Waals surface area contributed by atoms with Gasteiger partial charge in [-0.25, -0.2) is 0 Å². The Hall–Kier alpha value is -0.220. The quantitative estimate of drug-likeness (QED) is 0.850. The molecule has 0 aromatic carbocycles. The molecule has 2 rings (SSSR count).